The van der Waals surface area contributed by atoms with Crippen LogP contribution in [0.3, 0.4) is 0 Å². The van der Waals surface area contributed by atoms with Gasteiger partial charge in [-0.15, -0.1) is 0 Å². The molecule has 0 amide bonds. The third kappa shape index (κ3) is 4.08. The number of ether oxygens (including phenoxy) is 1. The highest BCUT2D eigenvalue weighted by atomic mass is 31.2. The van der Waals surface area contributed by atoms with Gasteiger partial charge in [-0.2, -0.15) is 0 Å². The highest BCUT2D eigenvalue weighted by Crippen LogP contribution is 2.37. The molecule has 0 bridgehead atoms. The third-order valence-corrected chi connectivity index (χ3v) is 3.03. The lowest BCUT2D eigenvalue weighted by Crippen LogP contribution is -2.58. The van der Waals surface area contributed by atoms with Gasteiger partial charge in [-0.05, 0) is 0 Å². The zero-order valence-electron chi connectivity index (χ0n) is 9.19. The molecule has 0 aliphatic carbocycles. The first kappa shape index (κ1) is 15.7. The number of aliphatic hydroxyl groups excluding tert-OH is 3. The molecule has 0 spiro atoms. The average molecular weight is 286 g/mol. The Hall–Kier alpha value is -0.380. The van der Waals surface area contributed by atoms with Crippen molar-refractivity contribution in [1.82, 2.24) is 0 Å². The van der Waals surface area contributed by atoms with E-state index in [0.717, 1.165) is 0 Å². The van der Waals surface area contributed by atoms with Gasteiger partial charge in [0.05, 0.1) is 12.7 Å². The molecule has 0 aromatic heterocycles. The molecule has 5 N–H and O–H groups in total. The largest absolute Gasteiger partial charge is 0.469 e. The van der Waals surface area contributed by atoms with Crippen molar-refractivity contribution in [2.75, 3.05) is 6.61 Å². The number of carbonyl (C=O) groups is 1. The molecule has 1 fully saturated rings. The van der Waals surface area contributed by atoms with Gasteiger partial charge >= 0.3 is 7.82 Å². The number of aldehydes is 1. The minimum Gasteiger partial charge on any atom is -0.388 e. The van der Waals surface area contributed by atoms with E-state index in [9.17, 15) is 24.7 Å². The quantitative estimate of drug-likeness (QED) is 0.273. The highest BCUT2D eigenvalue weighted by Gasteiger charge is 2.43. The smallest absolute Gasteiger partial charge is 0.388 e. The molecule has 2 unspecified atom stereocenters. The third-order valence-electron chi connectivity index (χ3n) is 2.55. The molecular formula is C8H15O9P. The van der Waals surface area contributed by atoms with E-state index in [1.165, 1.54) is 0 Å². The van der Waals surface area contributed by atoms with Crippen molar-refractivity contribution < 1.29 is 43.7 Å². The summed E-state index contributed by atoms with van der Waals surface area (Å²) in [5, 5.41) is 28.5. The first-order valence-corrected chi connectivity index (χ1v) is 6.62. The number of hydrogen-bond acceptors (Lipinski definition) is 7. The van der Waals surface area contributed by atoms with Crippen molar-refractivity contribution >= 4 is 14.1 Å². The summed E-state index contributed by atoms with van der Waals surface area (Å²) in [6.45, 7) is -0.676. The second kappa shape index (κ2) is 6.18. The molecule has 0 aromatic carbocycles. The van der Waals surface area contributed by atoms with Gasteiger partial charge in [0.2, 0.25) is 0 Å². The maximum absolute atomic E-state index is 10.5. The van der Waals surface area contributed by atoms with Crippen molar-refractivity contribution in [2.24, 2.45) is 0 Å². The van der Waals surface area contributed by atoms with Crippen LogP contribution in [0, 0.1) is 0 Å². The Morgan fingerprint density at radius 2 is 1.67 bits per heavy atom. The van der Waals surface area contributed by atoms with Crippen molar-refractivity contribution in [3.8, 4) is 0 Å². The molecule has 0 aromatic rings. The van der Waals surface area contributed by atoms with Crippen LogP contribution in [0.5, 0.6) is 0 Å². The summed E-state index contributed by atoms with van der Waals surface area (Å²) in [6, 6.07) is 0. The van der Waals surface area contributed by atoms with Crippen molar-refractivity contribution in [3.05, 3.63) is 0 Å². The van der Waals surface area contributed by atoms with Crippen LogP contribution in [0.4, 0.5) is 0 Å². The zero-order valence-corrected chi connectivity index (χ0v) is 10.1. The minimum absolute atomic E-state index is 0.225. The summed E-state index contributed by atoms with van der Waals surface area (Å²) in [6.07, 6.45) is -6.71. The Bertz CT molecular complexity index is 329. The van der Waals surface area contributed by atoms with Gasteiger partial charge in [-0.1, -0.05) is 0 Å². The number of aliphatic hydroxyl groups is 3. The average Bonchev–Trinajstić information content (AvgIpc) is 2.27. The van der Waals surface area contributed by atoms with E-state index >= 15 is 0 Å². The maximum atomic E-state index is 10.5. The van der Waals surface area contributed by atoms with E-state index in [1.807, 2.05) is 0 Å². The molecule has 5 atom stereocenters. The second-order valence-electron chi connectivity index (χ2n) is 3.87. The molecule has 1 aliphatic heterocycles. The van der Waals surface area contributed by atoms with Gasteiger partial charge in [-0.25, -0.2) is 4.57 Å². The van der Waals surface area contributed by atoms with E-state index in [2.05, 4.69) is 4.52 Å². The van der Waals surface area contributed by atoms with E-state index in [4.69, 9.17) is 14.5 Å². The fourth-order valence-electron chi connectivity index (χ4n) is 1.63. The topological polar surface area (TPSA) is 154 Å². The van der Waals surface area contributed by atoms with Crippen LogP contribution >= 0.6 is 7.82 Å². The number of rotatable bonds is 5. The standard InChI is InChI=1S/C8H15O9P/c9-2-1-4-6(10)8(12)7(11)5(17-4)3-16-18(13,14)15/h2,4-8,10-12H,1,3H2,(H2,13,14,15)/t4-,5?,6?,7-,8+/m0/s1. The van der Waals surface area contributed by atoms with Crippen LogP contribution < -0.4 is 0 Å². The Morgan fingerprint density at radius 3 is 2.17 bits per heavy atom. The minimum atomic E-state index is -4.73. The second-order valence-corrected chi connectivity index (χ2v) is 5.11. The lowest BCUT2D eigenvalue weighted by molar-refractivity contribution is -0.227. The molecule has 9 nitrogen and oxygen atoms in total. The molecule has 0 saturated carbocycles. The predicted molar refractivity (Wildman–Crippen MR) is 55.4 cm³/mol. The molecule has 10 heteroatoms. The maximum Gasteiger partial charge on any atom is 0.469 e. The summed E-state index contributed by atoms with van der Waals surface area (Å²) in [7, 11) is -4.73. The summed E-state index contributed by atoms with van der Waals surface area (Å²) < 4.78 is 19.7. The van der Waals surface area contributed by atoms with Gasteiger partial charge < -0.3 is 34.6 Å². The fraction of sp³-hybridized carbons (Fsp3) is 0.875. The fourth-order valence-corrected chi connectivity index (χ4v) is 1.97. The van der Waals surface area contributed by atoms with Gasteiger partial charge in [0, 0.05) is 6.42 Å². The van der Waals surface area contributed by atoms with Gasteiger partial charge in [0.15, 0.2) is 0 Å². The van der Waals surface area contributed by atoms with E-state index < -0.39 is 44.9 Å². The van der Waals surface area contributed by atoms with E-state index in [1.54, 1.807) is 0 Å². The molecule has 1 saturated heterocycles. The summed E-state index contributed by atoms with van der Waals surface area (Å²) >= 11 is 0. The number of carbonyl (C=O) groups excluding carboxylic acids is 1. The molecular weight excluding hydrogens is 271 g/mol. The molecule has 0 radical (unpaired) electrons. The SMILES string of the molecule is O=CC[C@@H]1OC(COP(=O)(O)O)[C@H](O)[C@H](O)C1O. The van der Waals surface area contributed by atoms with Gasteiger partial charge in [-0.3, -0.25) is 4.52 Å². The van der Waals surface area contributed by atoms with Crippen LogP contribution in [0.25, 0.3) is 0 Å². The van der Waals surface area contributed by atoms with Crippen molar-refractivity contribution in [3.63, 3.8) is 0 Å². The summed E-state index contributed by atoms with van der Waals surface area (Å²) in [4.78, 5) is 27.4. The molecule has 1 rings (SSSR count). The van der Waals surface area contributed by atoms with Crippen LogP contribution in [-0.2, 0) is 18.6 Å². The van der Waals surface area contributed by atoms with Crippen LogP contribution in [0.1, 0.15) is 6.42 Å². The van der Waals surface area contributed by atoms with Gasteiger partial charge in [0.25, 0.3) is 0 Å². The van der Waals surface area contributed by atoms with Crippen LogP contribution in [0.15, 0.2) is 0 Å². The van der Waals surface area contributed by atoms with Crippen LogP contribution in [0.2, 0.25) is 0 Å². The summed E-state index contributed by atoms with van der Waals surface area (Å²) in [5.41, 5.74) is 0. The first-order chi connectivity index (χ1) is 8.26. The Morgan fingerprint density at radius 1 is 1.11 bits per heavy atom. The van der Waals surface area contributed by atoms with Crippen LogP contribution in [-0.4, -0.2) is 68.5 Å². The van der Waals surface area contributed by atoms with E-state index in [-0.39, 0.29) is 6.42 Å². The Labute approximate surface area is 102 Å². The Balaban J connectivity index is 2.66. The molecule has 1 heterocycles. The molecule has 18 heavy (non-hydrogen) atoms. The molecule has 106 valence electrons. The number of phosphoric acid groups is 1. The highest BCUT2D eigenvalue weighted by molar-refractivity contribution is 7.46. The monoisotopic (exact) mass is 286 g/mol. The lowest BCUT2D eigenvalue weighted by atomic mass is 9.94. The van der Waals surface area contributed by atoms with Crippen molar-refractivity contribution in [1.29, 1.82) is 0 Å². The normalized spacial score (nSPS) is 37.5. The molecule has 1 aliphatic rings. The number of phosphoric ester groups is 1. The first-order valence-electron chi connectivity index (χ1n) is 5.09. The Kier molecular flexibility index (Phi) is 5.38. The number of hydrogen-bond donors (Lipinski definition) is 5. The lowest BCUT2D eigenvalue weighted by Gasteiger charge is -2.39. The van der Waals surface area contributed by atoms with Crippen molar-refractivity contribution in [2.45, 2.75) is 36.9 Å². The van der Waals surface area contributed by atoms with E-state index in [0.29, 0.717) is 6.29 Å². The summed E-state index contributed by atoms with van der Waals surface area (Å²) in [5.74, 6) is 0. The van der Waals surface area contributed by atoms with Gasteiger partial charge in [0.1, 0.15) is 30.7 Å². The predicted octanol–water partition coefficient (Wildman–Crippen LogP) is -2.47. The zero-order chi connectivity index (χ0) is 13.9.